The molecule has 2 atom stereocenters. The van der Waals surface area contributed by atoms with E-state index in [0.717, 1.165) is 16.0 Å². The lowest BCUT2D eigenvalue weighted by Crippen LogP contribution is -2.54. The molecule has 1 amide bonds. The minimum Gasteiger partial charge on any atom is -0.465 e. The quantitative estimate of drug-likeness (QED) is 0.607. The molecular weight excluding hydrogens is 421 g/mol. The second kappa shape index (κ2) is 8.94. The average Bonchev–Trinajstić information content (AvgIpc) is 3.55. The minimum atomic E-state index is -4.87. The van der Waals surface area contributed by atoms with Crippen LogP contribution in [0.25, 0.3) is 0 Å². The summed E-state index contributed by atoms with van der Waals surface area (Å²) < 4.78 is 44.4. The van der Waals surface area contributed by atoms with E-state index in [1.165, 1.54) is 7.11 Å². The van der Waals surface area contributed by atoms with Crippen molar-refractivity contribution in [3.63, 3.8) is 0 Å². The molecular formula is C24H25F3N2O3. The fourth-order valence-corrected chi connectivity index (χ4v) is 4.44. The number of hydrogen-bond acceptors (Lipinski definition) is 4. The Morgan fingerprint density at radius 2 is 1.72 bits per heavy atom. The third-order valence-electron chi connectivity index (χ3n) is 6.16. The van der Waals surface area contributed by atoms with Crippen molar-refractivity contribution in [3.05, 3.63) is 71.3 Å². The number of alkyl halides is 3. The van der Waals surface area contributed by atoms with E-state index in [9.17, 15) is 22.8 Å². The molecule has 8 heteroatoms. The summed E-state index contributed by atoms with van der Waals surface area (Å²) in [6.45, 7) is 2.01. The van der Waals surface area contributed by atoms with Crippen LogP contribution in [-0.4, -0.2) is 60.6 Å². The van der Waals surface area contributed by atoms with Crippen molar-refractivity contribution in [1.82, 2.24) is 9.80 Å². The lowest BCUT2D eigenvalue weighted by molar-refractivity contribution is -0.187. The zero-order valence-electron chi connectivity index (χ0n) is 17.7. The summed E-state index contributed by atoms with van der Waals surface area (Å²) in [6, 6.07) is 16.1. The van der Waals surface area contributed by atoms with Crippen LogP contribution in [-0.2, 0) is 16.1 Å². The van der Waals surface area contributed by atoms with Crippen molar-refractivity contribution in [1.29, 1.82) is 0 Å². The first kappa shape index (κ1) is 22.3. The van der Waals surface area contributed by atoms with Gasteiger partial charge in [-0.05, 0) is 29.7 Å². The summed E-state index contributed by atoms with van der Waals surface area (Å²) in [5, 5.41) is 0. The molecule has 1 aliphatic carbocycles. The number of rotatable bonds is 7. The third-order valence-corrected chi connectivity index (χ3v) is 6.16. The van der Waals surface area contributed by atoms with Crippen molar-refractivity contribution in [2.24, 2.45) is 5.92 Å². The number of carbonyl (C=O) groups excluding carboxylic acids is 2. The molecule has 1 heterocycles. The van der Waals surface area contributed by atoms with Gasteiger partial charge in [0.1, 0.15) is 0 Å². The first-order valence-corrected chi connectivity index (χ1v) is 10.6. The van der Waals surface area contributed by atoms with E-state index in [2.05, 4.69) is 9.64 Å². The zero-order chi connectivity index (χ0) is 22.9. The highest BCUT2D eigenvalue weighted by molar-refractivity contribution is 5.89. The molecule has 0 aromatic heterocycles. The van der Waals surface area contributed by atoms with Crippen LogP contribution in [0.4, 0.5) is 13.2 Å². The summed E-state index contributed by atoms with van der Waals surface area (Å²) in [5.41, 5.74) is 2.45. The van der Waals surface area contributed by atoms with Crippen LogP contribution in [0.1, 0.15) is 33.8 Å². The van der Waals surface area contributed by atoms with Gasteiger partial charge in [0, 0.05) is 44.1 Å². The van der Waals surface area contributed by atoms with Crippen molar-refractivity contribution in [3.8, 4) is 0 Å². The van der Waals surface area contributed by atoms with Crippen LogP contribution in [0.5, 0.6) is 0 Å². The highest BCUT2D eigenvalue weighted by Gasteiger charge is 2.52. The summed E-state index contributed by atoms with van der Waals surface area (Å²) in [7, 11) is 1.33. The molecule has 0 radical (unpaired) electrons. The van der Waals surface area contributed by atoms with Crippen LogP contribution in [0.2, 0.25) is 0 Å². The first-order valence-electron chi connectivity index (χ1n) is 10.6. The minimum absolute atomic E-state index is 0.00710. The van der Waals surface area contributed by atoms with Gasteiger partial charge in [-0.2, -0.15) is 13.2 Å². The van der Waals surface area contributed by atoms with Gasteiger partial charge in [0.15, 0.2) is 0 Å². The Morgan fingerprint density at radius 3 is 2.31 bits per heavy atom. The van der Waals surface area contributed by atoms with E-state index >= 15 is 0 Å². The molecule has 2 aromatic carbocycles. The number of likely N-dealkylation sites (tertiary alicyclic amines) is 1. The number of esters is 1. The molecule has 170 valence electrons. The fourth-order valence-electron chi connectivity index (χ4n) is 4.44. The molecule has 1 saturated carbocycles. The molecule has 4 rings (SSSR count). The third kappa shape index (κ3) is 4.96. The van der Waals surface area contributed by atoms with Gasteiger partial charge in [-0.25, -0.2) is 4.79 Å². The van der Waals surface area contributed by atoms with Crippen molar-refractivity contribution in [2.75, 3.05) is 26.7 Å². The fraction of sp³-hybridized carbons (Fsp3) is 0.417. The van der Waals surface area contributed by atoms with Gasteiger partial charge in [0.05, 0.1) is 12.7 Å². The smallest absolute Gasteiger partial charge is 0.465 e. The Hall–Kier alpha value is -2.87. The van der Waals surface area contributed by atoms with Crippen LogP contribution in [0.15, 0.2) is 54.6 Å². The maximum Gasteiger partial charge on any atom is 0.471 e. The molecule has 2 aromatic rings. The maximum atomic E-state index is 13.2. The van der Waals surface area contributed by atoms with Gasteiger partial charge >= 0.3 is 18.1 Å². The molecule has 0 N–H and O–H groups in total. The lowest BCUT2D eigenvalue weighted by atomic mass is 9.97. The predicted octanol–water partition coefficient (Wildman–Crippen LogP) is 3.85. The first-order chi connectivity index (χ1) is 15.3. The van der Waals surface area contributed by atoms with E-state index in [1.807, 2.05) is 42.5 Å². The Kier molecular flexibility index (Phi) is 6.24. The Bertz CT molecular complexity index is 957. The van der Waals surface area contributed by atoms with E-state index in [0.29, 0.717) is 31.6 Å². The summed E-state index contributed by atoms with van der Waals surface area (Å²) in [5.74, 6) is -2.17. The summed E-state index contributed by atoms with van der Waals surface area (Å²) in [4.78, 5) is 26.8. The molecule has 0 bridgehead atoms. The second-order valence-electron chi connectivity index (χ2n) is 8.52. The van der Waals surface area contributed by atoms with E-state index in [-0.39, 0.29) is 18.4 Å². The van der Waals surface area contributed by atoms with Gasteiger partial charge in [-0.15, -0.1) is 0 Å². The Balaban J connectivity index is 1.33. The van der Waals surface area contributed by atoms with E-state index < -0.39 is 24.1 Å². The highest BCUT2D eigenvalue weighted by atomic mass is 19.4. The van der Waals surface area contributed by atoms with E-state index in [1.54, 1.807) is 12.1 Å². The SMILES string of the molecule is COC(=O)c1ccc(CN2CC(CN(C(=O)C(F)(F)F)[C@@H]3C[C@H]3c3ccccc3)C2)cc1. The van der Waals surface area contributed by atoms with Crippen LogP contribution >= 0.6 is 0 Å². The number of ether oxygens (including phenoxy) is 1. The van der Waals surface area contributed by atoms with Gasteiger partial charge < -0.3 is 9.64 Å². The Morgan fingerprint density at radius 1 is 1.06 bits per heavy atom. The monoisotopic (exact) mass is 446 g/mol. The molecule has 0 spiro atoms. The number of carbonyl (C=O) groups is 2. The molecule has 2 fully saturated rings. The standard InChI is InChI=1S/C24H25F3N2O3/c1-32-22(30)19-9-7-16(8-10-19)12-28-13-17(14-28)15-29(23(31)24(25,26)27)21-11-20(21)18-5-3-2-4-6-18/h2-10,17,20-21H,11-15H2,1H3/t20-,21+/m0/s1. The van der Waals surface area contributed by atoms with Crippen molar-refractivity contribution >= 4 is 11.9 Å². The van der Waals surface area contributed by atoms with Crippen LogP contribution in [0, 0.1) is 5.92 Å². The van der Waals surface area contributed by atoms with Crippen molar-refractivity contribution < 1.29 is 27.5 Å². The number of halogens is 3. The van der Waals surface area contributed by atoms with Crippen LogP contribution in [0.3, 0.4) is 0 Å². The molecule has 1 saturated heterocycles. The number of hydrogen-bond donors (Lipinski definition) is 0. The molecule has 2 aliphatic rings. The normalized spacial score (nSPS) is 21.0. The predicted molar refractivity (Wildman–Crippen MR) is 112 cm³/mol. The average molecular weight is 446 g/mol. The second-order valence-corrected chi connectivity index (χ2v) is 8.52. The number of nitrogens with zero attached hydrogens (tertiary/aromatic N) is 2. The van der Waals surface area contributed by atoms with E-state index in [4.69, 9.17) is 0 Å². The van der Waals surface area contributed by atoms with Gasteiger partial charge in [-0.3, -0.25) is 9.69 Å². The maximum absolute atomic E-state index is 13.2. The van der Waals surface area contributed by atoms with Gasteiger partial charge in [0.2, 0.25) is 0 Å². The molecule has 0 unspecified atom stereocenters. The number of benzene rings is 2. The number of methoxy groups -OCH3 is 1. The molecule has 1 aliphatic heterocycles. The zero-order valence-corrected chi connectivity index (χ0v) is 17.7. The largest absolute Gasteiger partial charge is 0.471 e. The van der Waals surface area contributed by atoms with Gasteiger partial charge in [-0.1, -0.05) is 42.5 Å². The highest BCUT2D eigenvalue weighted by Crippen LogP contribution is 2.46. The molecule has 32 heavy (non-hydrogen) atoms. The summed E-state index contributed by atoms with van der Waals surface area (Å²) >= 11 is 0. The lowest BCUT2D eigenvalue weighted by Gasteiger charge is -2.42. The van der Waals surface area contributed by atoms with Crippen LogP contribution < -0.4 is 0 Å². The molecule has 5 nitrogen and oxygen atoms in total. The topological polar surface area (TPSA) is 49.9 Å². The Labute approximate surface area is 184 Å². The van der Waals surface area contributed by atoms with Gasteiger partial charge in [0.25, 0.3) is 0 Å². The number of amides is 1. The summed E-state index contributed by atoms with van der Waals surface area (Å²) in [6.07, 6.45) is -4.30. The van der Waals surface area contributed by atoms with Crippen molar-refractivity contribution in [2.45, 2.75) is 31.1 Å².